The molecule has 4 aromatic rings. The zero-order valence-electron chi connectivity index (χ0n) is 18.6. The van der Waals surface area contributed by atoms with E-state index in [4.69, 9.17) is 16.3 Å². The number of carbonyl (C=O) groups excluding carboxylic acids is 1. The fourth-order valence-electron chi connectivity index (χ4n) is 3.90. The van der Waals surface area contributed by atoms with Gasteiger partial charge in [0.25, 0.3) is 0 Å². The Morgan fingerprint density at radius 1 is 1.09 bits per heavy atom. The third-order valence-electron chi connectivity index (χ3n) is 5.54. The first-order chi connectivity index (χ1) is 17.0. The van der Waals surface area contributed by atoms with E-state index < -0.39 is 11.8 Å². The summed E-state index contributed by atoms with van der Waals surface area (Å²) in [6, 6.07) is 14.1. The van der Waals surface area contributed by atoms with Crippen LogP contribution in [0.4, 0.5) is 26.2 Å². The van der Waals surface area contributed by atoms with E-state index in [-0.39, 0.29) is 5.69 Å². The van der Waals surface area contributed by atoms with Crippen LogP contribution in [0.3, 0.4) is 0 Å². The SMILES string of the molecule is O=C(Nc1cc(Cl)cc(N2CCCC2)c1)Nc1cc(Oc2cccc(-c3cn[nH]c3)n2)ccc1F. The van der Waals surface area contributed by atoms with E-state index in [1.807, 2.05) is 18.2 Å². The van der Waals surface area contributed by atoms with Crippen molar-refractivity contribution >= 4 is 34.7 Å². The predicted octanol–water partition coefficient (Wildman–Crippen LogP) is 6.30. The van der Waals surface area contributed by atoms with Gasteiger partial charge in [-0.3, -0.25) is 5.10 Å². The standard InChI is InChI=1S/C25H22ClFN6O2/c26-17-10-18(12-19(11-17)33-8-1-2-9-33)30-25(34)32-23-13-20(6-7-21(23)27)35-24-5-3-4-22(31-24)16-14-28-29-15-16/h3-7,10-15H,1-2,8-9H2,(H,28,29)(H2,30,32,34). The van der Waals surface area contributed by atoms with Crippen LogP contribution in [-0.2, 0) is 0 Å². The van der Waals surface area contributed by atoms with E-state index in [2.05, 4.69) is 30.7 Å². The lowest BCUT2D eigenvalue weighted by Crippen LogP contribution is -2.21. The van der Waals surface area contributed by atoms with Gasteiger partial charge in [-0.25, -0.2) is 14.2 Å². The molecule has 10 heteroatoms. The fourth-order valence-corrected chi connectivity index (χ4v) is 4.13. The van der Waals surface area contributed by atoms with Gasteiger partial charge < -0.3 is 20.3 Å². The number of urea groups is 1. The third kappa shape index (κ3) is 5.52. The second-order valence-electron chi connectivity index (χ2n) is 8.06. The molecule has 0 spiro atoms. The van der Waals surface area contributed by atoms with Crippen LogP contribution in [0.2, 0.25) is 5.02 Å². The van der Waals surface area contributed by atoms with E-state index in [1.165, 1.54) is 18.2 Å². The van der Waals surface area contributed by atoms with Gasteiger partial charge in [-0.05, 0) is 49.2 Å². The smallest absolute Gasteiger partial charge is 0.323 e. The van der Waals surface area contributed by atoms with Crippen molar-refractivity contribution in [3.05, 3.63) is 77.8 Å². The Bertz CT molecular complexity index is 1340. The monoisotopic (exact) mass is 492 g/mol. The van der Waals surface area contributed by atoms with Crippen molar-refractivity contribution in [1.82, 2.24) is 15.2 Å². The Balaban J connectivity index is 1.28. The maximum atomic E-state index is 14.4. The summed E-state index contributed by atoms with van der Waals surface area (Å²) in [5.41, 5.74) is 2.91. The number of aromatic amines is 1. The molecule has 0 atom stereocenters. The average molecular weight is 493 g/mol. The summed E-state index contributed by atoms with van der Waals surface area (Å²) in [7, 11) is 0. The first-order valence-electron chi connectivity index (χ1n) is 11.1. The van der Waals surface area contributed by atoms with Crippen molar-refractivity contribution in [3.63, 3.8) is 0 Å². The van der Waals surface area contributed by atoms with Crippen molar-refractivity contribution in [3.8, 4) is 22.9 Å². The normalized spacial score (nSPS) is 13.0. The molecular formula is C25H22ClFN6O2. The van der Waals surface area contributed by atoms with Crippen LogP contribution in [0.5, 0.6) is 11.6 Å². The number of rotatable bonds is 6. The molecule has 0 radical (unpaired) electrons. The maximum absolute atomic E-state index is 14.4. The average Bonchev–Trinajstić information content (AvgIpc) is 3.56. The summed E-state index contributed by atoms with van der Waals surface area (Å²) in [5, 5.41) is 12.4. The van der Waals surface area contributed by atoms with Crippen molar-refractivity contribution in [2.75, 3.05) is 28.6 Å². The molecule has 178 valence electrons. The Kier molecular flexibility index (Phi) is 6.49. The lowest BCUT2D eigenvalue weighted by molar-refractivity contribution is 0.262. The second-order valence-corrected chi connectivity index (χ2v) is 8.50. The first-order valence-corrected chi connectivity index (χ1v) is 11.5. The number of nitrogens with one attached hydrogen (secondary N) is 3. The predicted molar refractivity (Wildman–Crippen MR) is 134 cm³/mol. The molecule has 2 amide bonds. The van der Waals surface area contributed by atoms with Gasteiger partial charge in [0.05, 0.1) is 17.6 Å². The minimum absolute atomic E-state index is 0.0345. The van der Waals surface area contributed by atoms with Gasteiger partial charge in [-0.1, -0.05) is 17.7 Å². The minimum atomic E-state index is -0.601. The van der Waals surface area contributed by atoms with E-state index in [0.717, 1.165) is 37.2 Å². The number of ether oxygens (including phenoxy) is 1. The molecule has 1 aliphatic heterocycles. The van der Waals surface area contributed by atoms with Crippen molar-refractivity contribution in [2.45, 2.75) is 12.8 Å². The number of amides is 2. The van der Waals surface area contributed by atoms with Crippen LogP contribution in [0.1, 0.15) is 12.8 Å². The molecule has 1 aliphatic rings. The number of pyridine rings is 1. The molecule has 2 aromatic carbocycles. The van der Waals surface area contributed by atoms with Crippen molar-refractivity contribution < 1.29 is 13.9 Å². The van der Waals surface area contributed by atoms with Gasteiger partial charge >= 0.3 is 6.03 Å². The quantitative estimate of drug-likeness (QED) is 0.293. The molecule has 5 rings (SSSR count). The highest BCUT2D eigenvalue weighted by molar-refractivity contribution is 6.31. The molecule has 3 N–H and O–H groups in total. The zero-order valence-corrected chi connectivity index (χ0v) is 19.3. The number of carbonyl (C=O) groups is 1. The van der Waals surface area contributed by atoms with E-state index in [9.17, 15) is 9.18 Å². The minimum Gasteiger partial charge on any atom is -0.439 e. The summed E-state index contributed by atoms with van der Waals surface area (Å²) in [6.07, 6.45) is 5.62. The van der Waals surface area contributed by atoms with E-state index in [0.29, 0.717) is 28.0 Å². The molecule has 35 heavy (non-hydrogen) atoms. The number of nitrogens with zero attached hydrogens (tertiary/aromatic N) is 3. The molecule has 2 aromatic heterocycles. The molecular weight excluding hydrogens is 471 g/mol. The van der Waals surface area contributed by atoms with Gasteiger partial charge in [0.1, 0.15) is 11.6 Å². The molecule has 0 aliphatic carbocycles. The van der Waals surface area contributed by atoms with Gasteiger partial charge in [0, 0.05) is 53.4 Å². The summed E-state index contributed by atoms with van der Waals surface area (Å²) in [4.78, 5) is 19.3. The van der Waals surface area contributed by atoms with Crippen molar-refractivity contribution in [2.24, 2.45) is 0 Å². The number of anilines is 3. The highest BCUT2D eigenvalue weighted by Crippen LogP contribution is 2.29. The number of H-pyrrole nitrogens is 1. The van der Waals surface area contributed by atoms with Gasteiger partial charge in [-0.15, -0.1) is 0 Å². The van der Waals surface area contributed by atoms with Crippen LogP contribution in [0.25, 0.3) is 11.3 Å². The number of halogens is 2. The Morgan fingerprint density at radius 3 is 2.74 bits per heavy atom. The largest absolute Gasteiger partial charge is 0.439 e. The van der Waals surface area contributed by atoms with Gasteiger partial charge in [-0.2, -0.15) is 5.10 Å². The number of aromatic nitrogens is 3. The molecule has 3 heterocycles. The van der Waals surface area contributed by atoms with Crippen LogP contribution in [0.15, 0.2) is 67.0 Å². The summed E-state index contributed by atoms with van der Waals surface area (Å²) in [5.74, 6) is 0.0353. The van der Waals surface area contributed by atoms with Crippen LogP contribution in [0, 0.1) is 5.82 Å². The number of hydrogen-bond acceptors (Lipinski definition) is 5. The summed E-state index contributed by atoms with van der Waals surface area (Å²) < 4.78 is 20.2. The molecule has 1 saturated heterocycles. The van der Waals surface area contributed by atoms with Crippen LogP contribution in [-0.4, -0.2) is 34.3 Å². The van der Waals surface area contributed by atoms with Crippen LogP contribution >= 0.6 is 11.6 Å². The fraction of sp³-hybridized carbons (Fsp3) is 0.160. The van der Waals surface area contributed by atoms with Gasteiger partial charge in [0.15, 0.2) is 0 Å². The molecule has 0 bridgehead atoms. The molecule has 0 unspecified atom stereocenters. The summed E-state index contributed by atoms with van der Waals surface area (Å²) in [6.45, 7) is 1.90. The Hall–Kier alpha value is -4.11. The maximum Gasteiger partial charge on any atom is 0.323 e. The van der Waals surface area contributed by atoms with Crippen LogP contribution < -0.4 is 20.3 Å². The zero-order chi connectivity index (χ0) is 24.2. The molecule has 1 fully saturated rings. The second kappa shape index (κ2) is 10.0. The first kappa shape index (κ1) is 22.7. The van der Waals surface area contributed by atoms with Crippen molar-refractivity contribution in [1.29, 1.82) is 0 Å². The highest BCUT2D eigenvalue weighted by atomic mass is 35.5. The molecule has 8 nitrogen and oxygen atoms in total. The van der Waals surface area contributed by atoms with Gasteiger partial charge in [0.2, 0.25) is 5.88 Å². The number of benzene rings is 2. The lowest BCUT2D eigenvalue weighted by Gasteiger charge is -2.19. The van der Waals surface area contributed by atoms with E-state index in [1.54, 1.807) is 30.6 Å². The number of hydrogen-bond donors (Lipinski definition) is 3. The Morgan fingerprint density at radius 2 is 1.94 bits per heavy atom. The highest BCUT2D eigenvalue weighted by Gasteiger charge is 2.15. The topological polar surface area (TPSA) is 95.2 Å². The Labute approximate surface area is 206 Å². The summed E-state index contributed by atoms with van der Waals surface area (Å²) >= 11 is 6.25. The van der Waals surface area contributed by atoms with E-state index >= 15 is 0 Å². The lowest BCUT2D eigenvalue weighted by atomic mass is 10.2. The third-order valence-corrected chi connectivity index (χ3v) is 5.76. The molecule has 0 saturated carbocycles.